The fourth-order valence-electron chi connectivity index (χ4n) is 2.06. The number of thiophene rings is 1. The monoisotopic (exact) mass is 319 g/mol. The molecule has 0 radical (unpaired) electrons. The van der Waals surface area contributed by atoms with Crippen molar-refractivity contribution in [3.63, 3.8) is 0 Å². The fraction of sp³-hybridized carbons (Fsp3) is 0.278. The Balaban J connectivity index is 2.92. The highest BCUT2D eigenvalue weighted by atomic mass is 32.1. The summed E-state index contributed by atoms with van der Waals surface area (Å²) in [6.45, 7) is 9.74. The maximum Gasteiger partial charge on any atom is 0.241 e. The van der Waals surface area contributed by atoms with Gasteiger partial charge in [0, 0.05) is 15.8 Å². The molecule has 1 aromatic heterocycles. The van der Waals surface area contributed by atoms with E-state index >= 15 is 0 Å². The van der Waals surface area contributed by atoms with Crippen molar-refractivity contribution < 1.29 is 9.18 Å². The summed E-state index contributed by atoms with van der Waals surface area (Å²) in [6, 6.07) is 0. The lowest BCUT2D eigenvalue weighted by Crippen LogP contribution is -2.06. The third kappa shape index (κ3) is 5.45. The van der Waals surface area contributed by atoms with Gasteiger partial charge in [-0.3, -0.25) is 4.79 Å². The SMILES string of the molecule is CC(=C/C(F)=C\C(C)=C\C(N)=O)/C=C/c1c(C)sc(C)c1C. The number of hydrogen-bond acceptors (Lipinski definition) is 2. The second-order valence-corrected chi connectivity index (χ2v) is 6.72. The lowest BCUT2D eigenvalue weighted by molar-refractivity contribution is -0.113. The van der Waals surface area contributed by atoms with Gasteiger partial charge in [0.1, 0.15) is 5.83 Å². The van der Waals surface area contributed by atoms with Gasteiger partial charge in [0.25, 0.3) is 0 Å². The molecule has 0 saturated carbocycles. The van der Waals surface area contributed by atoms with E-state index < -0.39 is 11.7 Å². The summed E-state index contributed by atoms with van der Waals surface area (Å²) < 4.78 is 13.8. The third-order valence-electron chi connectivity index (χ3n) is 3.23. The number of primary amides is 1. The Morgan fingerprint density at radius 2 is 1.68 bits per heavy atom. The number of carbonyl (C=O) groups is 1. The molecule has 0 fully saturated rings. The molecule has 0 bridgehead atoms. The first-order chi connectivity index (χ1) is 10.2. The van der Waals surface area contributed by atoms with Crippen LogP contribution < -0.4 is 5.73 Å². The zero-order chi connectivity index (χ0) is 16.9. The molecule has 1 aromatic rings. The van der Waals surface area contributed by atoms with E-state index in [0.29, 0.717) is 5.57 Å². The fourth-order valence-corrected chi connectivity index (χ4v) is 3.12. The van der Waals surface area contributed by atoms with E-state index in [1.807, 2.05) is 19.1 Å². The van der Waals surface area contributed by atoms with Crippen LogP contribution in [-0.2, 0) is 4.79 Å². The minimum absolute atomic E-state index is 0.410. The minimum atomic E-state index is -0.582. The molecule has 0 spiro atoms. The number of carbonyl (C=O) groups excluding carboxylic acids is 1. The van der Waals surface area contributed by atoms with Gasteiger partial charge in [-0.05, 0) is 69.0 Å². The van der Waals surface area contributed by atoms with Gasteiger partial charge in [-0.15, -0.1) is 11.3 Å². The van der Waals surface area contributed by atoms with E-state index in [0.717, 1.165) is 5.57 Å². The average molecular weight is 319 g/mol. The number of aryl methyl sites for hydroxylation is 2. The Kier molecular flexibility index (Phi) is 6.50. The van der Waals surface area contributed by atoms with Crippen LogP contribution in [0.25, 0.3) is 6.08 Å². The molecule has 22 heavy (non-hydrogen) atoms. The number of rotatable bonds is 5. The summed E-state index contributed by atoms with van der Waals surface area (Å²) in [7, 11) is 0. The highest BCUT2D eigenvalue weighted by molar-refractivity contribution is 7.12. The average Bonchev–Trinajstić information content (AvgIpc) is 2.59. The molecule has 0 unspecified atom stereocenters. The zero-order valence-electron chi connectivity index (χ0n) is 13.7. The molecule has 1 rings (SSSR count). The van der Waals surface area contributed by atoms with Crippen LogP contribution in [-0.4, -0.2) is 5.91 Å². The van der Waals surface area contributed by atoms with Crippen molar-refractivity contribution in [3.8, 4) is 0 Å². The molecular formula is C18H22FNOS. The van der Waals surface area contributed by atoms with Crippen LogP contribution >= 0.6 is 11.3 Å². The molecule has 0 saturated heterocycles. The van der Waals surface area contributed by atoms with Crippen molar-refractivity contribution in [2.75, 3.05) is 0 Å². The third-order valence-corrected chi connectivity index (χ3v) is 4.37. The molecule has 4 heteroatoms. The molecular weight excluding hydrogens is 297 g/mol. The molecule has 1 amide bonds. The van der Waals surface area contributed by atoms with Gasteiger partial charge < -0.3 is 5.73 Å². The topological polar surface area (TPSA) is 43.1 Å². The summed E-state index contributed by atoms with van der Waals surface area (Å²) in [5.74, 6) is -0.993. The van der Waals surface area contributed by atoms with Gasteiger partial charge in [0.2, 0.25) is 5.91 Å². The van der Waals surface area contributed by atoms with Gasteiger partial charge in [-0.2, -0.15) is 0 Å². The Hall–Kier alpha value is -1.94. The van der Waals surface area contributed by atoms with Crippen molar-refractivity contribution in [1.29, 1.82) is 0 Å². The number of amides is 1. The predicted molar refractivity (Wildman–Crippen MR) is 93.5 cm³/mol. The molecule has 2 nitrogen and oxygen atoms in total. The standard InChI is InChI=1S/C18H22FNOS/c1-11(8-16(19)9-12(2)10-18(20)21)6-7-17-13(3)14(4)22-15(17)5/h6-10H,1-5H3,(H2,20,21)/b7-6+,11-8-,12-10+,16-9+. The first-order valence-electron chi connectivity index (χ1n) is 6.98. The largest absolute Gasteiger partial charge is 0.366 e. The van der Waals surface area contributed by atoms with Crippen molar-refractivity contribution in [2.45, 2.75) is 34.6 Å². The number of nitrogens with two attached hydrogens (primary N) is 1. The van der Waals surface area contributed by atoms with Crippen molar-refractivity contribution >= 4 is 23.3 Å². The molecule has 0 aromatic carbocycles. The smallest absolute Gasteiger partial charge is 0.241 e. The van der Waals surface area contributed by atoms with Crippen molar-refractivity contribution in [3.05, 3.63) is 62.2 Å². The lowest BCUT2D eigenvalue weighted by Gasteiger charge is -1.97. The Bertz CT molecular complexity index is 690. The van der Waals surface area contributed by atoms with E-state index in [-0.39, 0.29) is 0 Å². The van der Waals surface area contributed by atoms with Gasteiger partial charge in [-0.25, -0.2) is 4.39 Å². The number of allylic oxidation sites excluding steroid dienone is 6. The zero-order valence-corrected chi connectivity index (χ0v) is 14.5. The highest BCUT2D eigenvalue weighted by Gasteiger charge is 2.05. The Morgan fingerprint density at radius 1 is 1.05 bits per heavy atom. The van der Waals surface area contributed by atoms with Crippen molar-refractivity contribution in [1.82, 2.24) is 0 Å². The first-order valence-corrected chi connectivity index (χ1v) is 7.80. The predicted octanol–water partition coefficient (Wildman–Crippen LogP) is 4.92. The van der Waals surface area contributed by atoms with Gasteiger partial charge in [0.05, 0.1) is 0 Å². The van der Waals surface area contributed by atoms with Crippen LogP contribution in [0.15, 0.2) is 41.3 Å². The summed E-state index contributed by atoms with van der Waals surface area (Å²) in [4.78, 5) is 13.3. The summed E-state index contributed by atoms with van der Waals surface area (Å²) >= 11 is 1.77. The molecule has 0 aliphatic carbocycles. The Morgan fingerprint density at radius 3 is 2.18 bits per heavy atom. The molecule has 0 aliphatic heterocycles. The first kappa shape index (κ1) is 18.1. The van der Waals surface area contributed by atoms with Gasteiger partial charge in [0.15, 0.2) is 0 Å². The molecule has 118 valence electrons. The highest BCUT2D eigenvalue weighted by Crippen LogP contribution is 2.27. The minimum Gasteiger partial charge on any atom is -0.366 e. The molecule has 2 N–H and O–H groups in total. The van der Waals surface area contributed by atoms with Crippen molar-refractivity contribution in [2.24, 2.45) is 5.73 Å². The van der Waals surface area contributed by atoms with Gasteiger partial charge in [-0.1, -0.05) is 12.2 Å². The van der Waals surface area contributed by atoms with Crippen LogP contribution in [0, 0.1) is 20.8 Å². The molecule has 0 aliphatic rings. The maximum absolute atomic E-state index is 13.8. The van der Waals surface area contributed by atoms with E-state index in [1.165, 1.54) is 39.1 Å². The second kappa shape index (κ2) is 7.90. The van der Waals surface area contributed by atoms with Gasteiger partial charge >= 0.3 is 0 Å². The summed E-state index contributed by atoms with van der Waals surface area (Å²) in [5, 5.41) is 0. The Labute approximate surface area is 135 Å². The van der Waals surface area contributed by atoms with Crippen LogP contribution in [0.5, 0.6) is 0 Å². The van der Waals surface area contributed by atoms with Crippen LogP contribution in [0.3, 0.4) is 0 Å². The van der Waals surface area contributed by atoms with E-state index in [2.05, 4.69) is 20.8 Å². The van der Waals surface area contributed by atoms with E-state index in [1.54, 1.807) is 18.3 Å². The van der Waals surface area contributed by atoms with Crippen LogP contribution in [0.2, 0.25) is 0 Å². The lowest BCUT2D eigenvalue weighted by atomic mass is 10.1. The quantitative estimate of drug-likeness (QED) is 0.607. The van der Waals surface area contributed by atoms with E-state index in [9.17, 15) is 9.18 Å². The normalized spacial score (nSPS) is 14.0. The maximum atomic E-state index is 13.8. The molecule has 0 atom stereocenters. The second-order valence-electron chi connectivity index (χ2n) is 5.29. The van der Waals surface area contributed by atoms with Crippen LogP contribution in [0.1, 0.15) is 34.7 Å². The van der Waals surface area contributed by atoms with Crippen LogP contribution in [0.4, 0.5) is 4.39 Å². The van der Waals surface area contributed by atoms with E-state index in [4.69, 9.17) is 5.73 Å². The summed E-state index contributed by atoms with van der Waals surface area (Å²) in [5.41, 5.74) is 8.76. The number of hydrogen-bond donors (Lipinski definition) is 1. The molecule has 1 heterocycles. The summed E-state index contributed by atoms with van der Waals surface area (Å²) in [6.07, 6.45) is 7.81. The number of halogens is 1.